The molecule has 0 amide bonds. The van der Waals surface area contributed by atoms with Gasteiger partial charge in [0, 0.05) is 6.20 Å². The summed E-state index contributed by atoms with van der Waals surface area (Å²) in [5.74, 6) is -0.284. The molecule has 0 atom stereocenters. The normalized spacial score (nSPS) is 12.1. The number of rotatable bonds is 3. The highest BCUT2D eigenvalue weighted by molar-refractivity contribution is 5.30. The van der Waals surface area contributed by atoms with Crippen molar-refractivity contribution in [2.45, 2.75) is 32.5 Å². The number of alkyl halides is 3. The lowest BCUT2D eigenvalue weighted by Gasteiger charge is -2.15. The van der Waals surface area contributed by atoms with Gasteiger partial charge in [-0.05, 0) is 17.5 Å². The molecule has 0 aromatic carbocycles. The molecule has 0 aliphatic heterocycles. The lowest BCUT2D eigenvalue weighted by atomic mass is 10.0. The van der Waals surface area contributed by atoms with E-state index in [0.717, 1.165) is 6.07 Å². The van der Waals surface area contributed by atoms with Crippen molar-refractivity contribution in [3.63, 3.8) is 0 Å². The smallest absolute Gasteiger partial charge is 0.260 e. The number of pyridine rings is 1. The molecule has 2 rings (SSSR count). The molecule has 0 unspecified atom stereocenters. The van der Waals surface area contributed by atoms with Crippen molar-refractivity contribution in [3.05, 3.63) is 41.5 Å². The Morgan fingerprint density at radius 3 is 2.37 bits per heavy atom. The van der Waals surface area contributed by atoms with Crippen LogP contribution in [0.2, 0.25) is 0 Å². The van der Waals surface area contributed by atoms with Gasteiger partial charge in [0.05, 0.1) is 30.2 Å². The van der Waals surface area contributed by atoms with Gasteiger partial charge in [-0.1, -0.05) is 13.8 Å². The van der Waals surface area contributed by atoms with Gasteiger partial charge in [-0.3, -0.25) is 4.98 Å². The van der Waals surface area contributed by atoms with E-state index in [0.29, 0.717) is 5.56 Å². The molecule has 0 saturated heterocycles. The van der Waals surface area contributed by atoms with Crippen LogP contribution in [-0.2, 0) is 12.7 Å². The van der Waals surface area contributed by atoms with Crippen LogP contribution in [0.1, 0.15) is 36.6 Å². The van der Waals surface area contributed by atoms with Crippen LogP contribution in [0.5, 0.6) is 0 Å². The standard InChI is InChI=1S/C12H13F3N4/c1-8(2)11-10(12(13,14)15)5-9(6-16-11)7-19-17-3-4-18-19/h3-6,8H,7H2,1-2H3. The summed E-state index contributed by atoms with van der Waals surface area (Å²) < 4.78 is 39.0. The first kappa shape index (κ1) is 13.5. The van der Waals surface area contributed by atoms with Crippen molar-refractivity contribution < 1.29 is 13.2 Å². The van der Waals surface area contributed by atoms with E-state index in [1.807, 2.05) is 0 Å². The second kappa shape index (κ2) is 4.99. The average molecular weight is 270 g/mol. The van der Waals surface area contributed by atoms with Gasteiger partial charge in [0.25, 0.3) is 0 Å². The lowest BCUT2D eigenvalue weighted by molar-refractivity contribution is -0.138. The summed E-state index contributed by atoms with van der Waals surface area (Å²) in [7, 11) is 0. The third-order valence-electron chi connectivity index (χ3n) is 2.62. The van der Waals surface area contributed by atoms with Gasteiger partial charge in [-0.2, -0.15) is 28.2 Å². The van der Waals surface area contributed by atoms with E-state index < -0.39 is 11.7 Å². The highest BCUT2D eigenvalue weighted by Gasteiger charge is 2.35. The predicted octanol–water partition coefficient (Wildman–Crippen LogP) is 2.86. The largest absolute Gasteiger partial charge is 0.418 e. The monoisotopic (exact) mass is 270 g/mol. The highest BCUT2D eigenvalue weighted by Crippen LogP contribution is 2.34. The number of hydrogen-bond acceptors (Lipinski definition) is 3. The van der Waals surface area contributed by atoms with E-state index in [9.17, 15) is 13.2 Å². The lowest BCUT2D eigenvalue weighted by Crippen LogP contribution is -2.14. The number of aromatic nitrogens is 4. The molecule has 2 aromatic heterocycles. The summed E-state index contributed by atoms with van der Waals surface area (Å²) in [5, 5.41) is 7.71. The fourth-order valence-corrected chi connectivity index (χ4v) is 1.78. The third kappa shape index (κ3) is 3.10. The molecule has 0 aliphatic carbocycles. The first-order valence-corrected chi connectivity index (χ1v) is 5.78. The Balaban J connectivity index is 2.38. The molecule has 19 heavy (non-hydrogen) atoms. The summed E-state index contributed by atoms with van der Waals surface area (Å²) in [6, 6.07) is 1.12. The van der Waals surface area contributed by atoms with Crippen molar-refractivity contribution in [2.75, 3.05) is 0 Å². The Morgan fingerprint density at radius 1 is 1.21 bits per heavy atom. The van der Waals surface area contributed by atoms with Gasteiger partial charge in [0.1, 0.15) is 0 Å². The molecule has 2 heterocycles. The summed E-state index contributed by atoms with van der Waals surface area (Å²) in [5.41, 5.74) is -0.204. The first-order chi connectivity index (χ1) is 8.88. The van der Waals surface area contributed by atoms with E-state index in [2.05, 4.69) is 15.2 Å². The van der Waals surface area contributed by atoms with Gasteiger partial charge >= 0.3 is 6.18 Å². The SMILES string of the molecule is CC(C)c1ncc(Cn2nccn2)cc1C(F)(F)F. The quantitative estimate of drug-likeness (QED) is 0.861. The van der Waals surface area contributed by atoms with Crippen molar-refractivity contribution in [3.8, 4) is 0 Å². The molecule has 102 valence electrons. The maximum atomic E-state index is 13.0. The zero-order valence-electron chi connectivity index (χ0n) is 10.5. The fraction of sp³-hybridized carbons (Fsp3) is 0.417. The van der Waals surface area contributed by atoms with Crippen LogP contribution in [0, 0.1) is 0 Å². The Kier molecular flexibility index (Phi) is 3.55. The summed E-state index contributed by atoms with van der Waals surface area (Å²) in [6.07, 6.45) is -0.0186. The first-order valence-electron chi connectivity index (χ1n) is 5.78. The molecular weight excluding hydrogens is 257 g/mol. The molecule has 0 radical (unpaired) electrons. The van der Waals surface area contributed by atoms with Gasteiger partial charge < -0.3 is 0 Å². The van der Waals surface area contributed by atoms with E-state index in [1.54, 1.807) is 13.8 Å². The zero-order valence-corrected chi connectivity index (χ0v) is 10.5. The van der Waals surface area contributed by atoms with Gasteiger partial charge in [-0.25, -0.2) is 0 Å². The van der Waals surface area contributed by atoms with Crippen molar-refractivity contribution in [1.82, 2.24) is 20.0 Å². The maximum Gasteiger partial charge on any atom is 0.418 e. The Morgan fingerprint density at radius 2 is 1.84 bits per heavy atom. The number of halogens is 3. The van der Waals surface area contributed by atoms with Crippen LogP contribution in [0.25, 0.3) is 0 Å². The van der Waals surface area contributed by atoms with E-state index in [1.165, 1.54) is 23.4 Å². The highest BCUT2D eigenvalue weighted by atomic mass is 19.4. The van der Waals surface area contributed by atoms with Crippen LogP contribution < -0.4 is 0 Å². The minimum Gasteiger partial charge on any atom is -0.260 e. The summed E-state index contributed by atoms with van der Waals surface area (Å²) in [4.78, 5) is 5.25. The summed E-state index contributed by atoms with van der Waals surface area (Å²) >= 11 is 0. The van der Waals surface area contributed by atoms with E-state index >= 15 is 0 Å². The molecule has 0 bridgehead atoms. The second-order valence-electron chi connectivity index (χ2n) is 4.49. The van der Waals surface area contributed by atoms with Crippen LogP contribution in [0.15, 0.2) is 24.7 Å². The van der Waals surface area contributed by atoms with Crippen LogP contribution in [0.3, 0.4) is 0 Å². The number of hydrogen-bond donors (Lipinski definition) is 0. The molecule has 0 fully saturated rings. The fourth-order valence-electron chi connectivity index (χ4n) is 1.78. The molecule has 0 N–H and O–H groups in total. The summed E-state index contributed by atoms with van der Waals surface area (Å²) in [6.45, 7) is 3.54. The molecule has 4 nitrogen and oxygen atoms in total. The predicted molar refractivity (Wildman–Crippen MR) is 62.5 cm³/mol. The zero-order chi connectivity index (χ0) is 14.0. The van der Waals surface area contributed by atoms with Crippen molar-refractivity contribution in [1.29, 1.82) is 0 Å². The third-order valence-corrected chi connectivity index (χ3v) is 2.62. The maximum absolute atomic E-state index is 13.0. The van der Waals surface area contributed by atoms with E-state index in [4.69, 9.17) is 0 Å². The minimum absolute atomic E-state index is 0.0599. The molecule has 2 aromatic rings. The van der Waals surface area contributed by atoms with Crippen molar-refractivity contribution >= 4 is 0 Å². The Hall–Kier alpha value is -1.92. The molecule has 0 spiro atoms. The van der Waals surface area contributed by atoms with Gasteiger partial charge in [0.2, 0.25) is 0 Å². The number of nitrogens with zero attached hydrogens (tertiary/aromatic N) is 4. The minimum atomic E-state index is -4.40. The molecule has 0 saturated carbocycles. The Labute approximate surface area is 108 Å². The van der Waals surface area contributed by atoms with Crippen LogP contribution in [0.4, 0.5) is 13.2 Å². The molecule has 0 aliphatic rings. The van der Waals surface area contributed by atoms with Gasteiger partial charge in [-0.15, -0.1) is 0 Å². The average Bonchev–Trinajstić information content (AvgIpc) is 2.80. The Bertz CT molecular complexity index is 547. The topological polar surface area (TPSA) is 43.6 Å². The molecular formula is C12H13F3N4. The molecule has 7 heteroatoms. The van der Waals surface area contributed by atoms with Crippen molar-refractivity contribution in [2.24, 2.45) is 0 Å². The van der Waals surface area contributed by atoms with E-state index in [-0.39, 0.29) is 18.2 Å². The van der Waals surface area contributed by atoms with Crippen LogP contribution >= 0.6 is 0 Å². The van der Waals surface area contributed by atoms with Crippen LogP contribution in [-0.4, -0.2) is 20.0 Å². The van der Waals surface area contributed by atoms with Gasteiger partial charge in [0.15, 0.2) is 0 Å². The second-order valence-corrected chi connectivity index (χ2v) is 4.49.